The first kappa shape index (κ1) is 16.0. The van der Waals surface area contributed by atoms with Gasteiger partial charge < -0.3 is 10.0 Å². The van der Waals surface area contributed by atoms with E-state index in [0.717, 1.165) is 0 Å². The van der Waals surface area contributed by atoms with Crippen molar-refractivity contribution in [2.75, 3.05) is 13.1 Å². The van der Waals surface area contributed by atoms with Crippen LogP contribution in [0, 0.1) is 11.8 Å². The van der Waals surface area contributed by atoms with E-state index in [-0.39, 0.29) is 24.2 Å². The topological polar surface area (TPSA) is 57.6 Å². The molecule has 5 heteroatoms. The molecule has 19 heavy (non-hydrogen) atoms. The maximum atomic E-state index is 11.9. The molecule has 1 atom stereocenters. The zero-order chi connectivity index (χ0) is 13.0. The zero-order valence-electron chi connectivity index (χ0n) is 11.1. The summed E-state index contributed by atoms with van der Waals surface area (Å²) in [4.78, 5) is 24.4. The molecule has 0 bridgehead atoms. The third kappa shape index (κ3) is 4.53. The van der Waals surface area contributed by atoms with Gasteiger partial charge in [0.15, 0.2) is 0 Å². The molecule has 1 heterocycles. The van der Waals surface area contributed by atoms with E-state index in [1.165, 1.54) is 32.1 Å². The van der Waals surface area contributed by atoms with Crippen LogP contribution >= 0.6 is 12.4 Å². The van der Waals surface area contributed by atoms with Crippen LogP contribution in [0.1, 0.15) is 38.5 Å². The van der Waals surface area contributed by atoms with Crippen molar-refractivity contribution in [1.29, 1.82) is 0 Å². The molecular weight excluding hydrogens is 266 g/mol. The number of carbonyl (C=O) groups is 2. The summed E-state index contributed by atoms with van der Waals surface area (Å²) in [7, 11) is 0. The largest absolute Gasteiger partial charge is 0.481 e. The van der Waals surface area contributed by atoms with E-state index < -0.39 is 5.97 Å². The number of hydrogen-bond acceptors (Lipinski definition) is 2. The van der Waals surface area contributed by atoms with Gasteiger partial charge in [0.05, 0.1) is 5.92 Å². The van der Waals surface area contributed by atoms with Gasteiger partial charge in [-0.1, -0.05) is 25.3 Å². The normalized spacial score (nSPS) is 24.4. The van der Waals surface area contributed by atoms with Gasteiger partial charge in [-0.3, -0.25) is 9.59 Å². The summed E-state index contributed by atoms with van der Waals surface area (Å²) in [5.41, 5.74) is 0. The molecule has 4 nitrogen and oxygen atoms in total. The quantitative estimate of drug-likeness (QED) is 0.811. The molecule has 108 valence electrons. The molecule has 0 radical (unpaired) electrons. The van der Waals surface area contributed by atoms with E-state index in [4.69, 9.17) is 5.11 Å². The molecule has 2 aliphatic rings. The lowest BCUT2D eigenvalue weighted by molar-refractivity contribution is -0.141. The van der Waals surface area contributed by atoms with Crippen molar-refractivity contribution in [3.05, 3.63) is 12.2 Å². The molecule has 0 aromatic rings. The SMILES string of the molecule is Cl.O=C(O)C1CCN(C(=O)C=CC2CCCCC2)C1. The van der Waals surface area contributed by atoms with Crippen molar-refractivity contribution >= 4 is 24.3 Å². The summed E-state index contributed by atoms with van der Waals surface area (Å²) in [5, 5.41) is 8.89. The number of carboxylic acid groups (broad SMARTS) is 1. The van der Waals surface area contributed by atoms with Crippen LogP contribution in [0.15, 0.2) is 12.2 Å². The Kier molecular flexibility index (Phi) is 6.35. The smallest absolute Gasteiger partial charge is 0.308 e. The van der Waals surface area contributed by atoms with Crippen molar-refractivity contribution in [2.24, 2.45) is 11.8 Å². The Morgan fingerprint density at radius 2 is 1.79 bits per heavy atom. The summed E-state index contributed by atoms with van der Waals surface area (Å²) in [5.74, 6) is -0.650. The number of aliphatic carboxylic acids is 1. The predicted molar refractivity (Wildman–Crippen MR) is 75.3 cm³/mol. The highest BCUT2D eigenvalue weighted by molar-refractivity contribution is 5.88. The van der Waals surface area contributed by atoms with Crippen LogP contribution in [0.25, 0.3) is 0 Å². The van der Waals surface area contributed by atoms with E-state index in [1.807, 2.05) is 6.08 Å². The number of hydrogen-bond donors (Lipinski definition) is 1. The highest BCUT2D eigenvalue weighted by Crippen LogP contribution is 2.24. The molecular formula is C14H22ClNO3. The standard InChI is InChI=1S/C14H21NO3.ClH/c16-13(7-6-11-4-2-1-3-5-11)15-9-8-12(10-15)14(17)18;/h6-7,11-12H,1-5,8-10H2,(H,17,18);1H. The molecule has 2 fully saturated rings. The minimum absolute atomic E-state index is 0. The van der Waals surface area contributed by atoms with Gasteiger partial charge >= 0.3 is 5.97 Å². The van der Waals surface area contributed by atoms with Crippen LogP contribution in [0.5, 0.6) is 0 Å². The first-order valence-electron chi connectivity index (χ1n) is 6.86. The lowest BCUT2D eigenvalue weighted by atomic mass is 9.89. The molecule has 0 aromatic heterocycles. The van der Waals surface area contributed by atoms with Gasteiger partial charge in [0.1, 0.15) is 0 Å². The Labute approximate surface area is 120 Å². The van der Waals surface area contributed by atoms with Crippen molar-refractivity contribution in [1.82, 2.24) is 4.90 Å². The van der Waals surface area contributed by atoms with Gasteiger partial charge in [-0.05, 0) is 31.3 Å². The van der Waals surface area contributed by atoms with Crippen LogP contribution in [0.4, 0.5) is 0 Å². The summed E-state index contributed by atoms with van der Waals surface area (Å²) in [6, 6.07) is 0. The van der Waals surface area contributed by atoms with Crippen molar-refractivity contribution in [3.63, 3.8) is 0 Å². The van der Waals surface area contributed by atoms with E-state index in [0.29, 0.717) is 25.4 Å². The molecule has 2 rings (SSSR count). The number of rotatable bonds is 3. The zero-order valence-corrected chi connectivity index (χ0v) is 11.9. The first-order chi connectivity index (χ1) is 8.66. The lowest BCUT2D eigenvalue weighted by Crippen LogP contribution is -2.28. The fourth-order valence-corrected chi connectivity index (χ4v) is 2.81. The molecule has 1 saturated carbocycles. The minimum Gasteiger partial charge on any atom is -0.481 e. The Morgan fingerprint density at radius 3 is 2.37 bits per heavy atom. The highest BCUT2D eigenvalue weighted by atomic mass is 35.5. The average Bonchev–Trinajstić information content (AvgIpc) is 2.87. The van der Waals surface area contributed by atoms with E-state index >= 15 is 0 Å². The second kappa shape index (κ2) is 7.53. The molecule has 1 saturated heterocycles. The maximum Gasteiger partial charge on any atom is 0.308 e. The van der Waals surface area contributed by atoms with Gasteiger partial charge in [0, 0.05) is 13.1 Å². The Morgan fingerprint density at radius 1 is 1.11 bits per heavy atom. The highest BCUT2D eigenvalue weighted by Gasteiger charge is 2.29. The third-order valence-electron chi connectivity index (χ3n) is 4.01. The molecule has 0 aromatic carbocycles. The number of carbonyl (C=O) groups excluding carboxylic acids is 1. The average molecular weight is 288 g/mol. The third-order valence-corrected chi connectivity index (χ3v) is 4.01. The molecule has 1 N–H and O–H groups in total. The Balaban J connectivity index is 0.00000180. The number of amides is 1. The van der Waals surface area contributed by atoms with E-state index in [1.54, 1.807) is 11.0 Å². The van der Waals surface area contributed by atoms with Crippen molar-refractivity contribution < 1.29 is 14.7 Å². The predicted octanol–water partition coefficient (Wildman–Crippen LogP) is 2.48. The number of halogens is 1. The van der Waals surface area contributed by atoms with Gasteiger partial charge in [-0.2, -0.15) is 0 Å². The number of allylic oxidation sites excluding steroid dienone is 1. The fourth-order valence-electron chi connectivity index (χ4n) is 2.81. The number of carboxylic acids is 1. The number of likely N-dealkylation sites (tertiary alicyclic amines) is 1. The summed E-state index contributed by atoms with van der Waals surface area (Å²) >= 11 is 0. The molecule has 1 aliphatic carbocycles. The van der Waals surface area contributed by atoms with Crippen molar-refractivity contribution in [3.8, 4) is 0 Å². The molecule has 0 spiro atoms. The van der Waals surface area contributed by atoms with Gasteiger partial charge in [-0.15, -0.1) is 12.4 Å². The molecule has 1 unspecified atom stereocenters. The second-order valence-electron chi connectivity index (χ2n) is 5.37. The van der Waals surface area contributed by atoms with E-state index in [2.05, 4.69) is 0 Å². The second-order valence-corrected chi connectivity index (χ2v) is 5.37. The van der Waals surface area contributed by atoms with Gasteiger partial charge in [-0.25, -0.2) is 0 Å². The monoisotopic (exact) mass is 287 g/mol. The fraction of sp³-hybridized carbons (Fsp3) is 0.714. The first-order valence-corrected chi connectivity index (χ1v) is 6.86. The number of nitrogens with zero attached hydrogens (tertiary/aromatic N) is 1. The Bertz CT molecular complexity index is 351. The summed E-state index contributed by atoms with van der Waals surface area (Å²) in [6.45, 7) is 0.938. The minimum atomic E-state index is -0.790. The van der Waals surface area contributed by atoms with Gasteiger partial charge in [0.25, 0.3) is 0 Å². The van der Waals surface area contributed by atoms with E-state index in [9.17, 15) is 9.59 Å². The lowest BCUT2D eigenvalue weighted by Gasteiger charge is -2.18. The Hall–Kier alpha value is -1.03. The summed E-state index contributed by atoms with van der Waals surface area (Å²) < 4.78 is 0. The van der Waals surface area contributed by atoms with Crippen LogP contribution < -0.4 is 0 Å². The van der Waals surface area contributed by atoms with Crippen molar-refractivity contribution in [2.45, 2.75) is 38.5 Å². The van der Waals surface area contributed by atoms with Crippen LogP contribution in [0.3, 0.4) is 0 Å². The maximum absolute atomic E-state index is 11.9. The van der Waals surface area contributed by atoms with Crippen LogP contribution in [0.2, 0.25) is 0 Å². The van der Waals surface area contributed by atoms with Gasteiger partial charge in [0.2, 0.25) is 5.91 Å². The van der Waals surface area contributed by atoms with Crippen LogP contribution in [-0.2, 0) is 9.59 Å². The summed E-state index contributed by atoms with van der Waals surface area (Å²) in [6.07, 6.45) is 10.4. The van der Waals surface area contributed by atoms with Crippen LogP contribution in [-0.4, -0.2) is 35.0 Å². The molecule has 1 aliphatic heterocycles. The molecule has 1 amide bonds.